The van der Waals surface area contributed by atoms with Gasteiger partial charge in [-0.3, -0.25) is 4.90 Å². The van der Waals surface area contributed by atoms with Crippen LogP contribution in [-0.4, -0.2) is 62.7 Å². The van der Waals surface area contributed by atoms with Crippen molar-refractivity contribution >= 4 is 9.84 Å². The van der Waals surface area contributed by atoms with Gasteiger partial charge in [-0.25, -0.2) is 8.42 Å². The Labute approximate surface area is 172 Å². The first-order chi connectivity index (χ1) is 13.5. The first-order valence-corrected chi connectivity index (χ1v) is 12.8. The van der Waals surface area contributed by atoms with E-state index < -0.39 is 9.84 Å². The summed E-state index contributed by atoms with van der Waals surface area (Å²) >= 11 is 0. The van der Waals surface area contributed by atoms with Crippen LogP contribution in [0.1, 0.15) is 64.2 Å². The first-order valence-electron chi connectivity index (χ1n) is 11.2. The molecule has 5 heteroatoms. The van der Waals surface area contributed by atoms with Crippen LogP contribution in [0.5, 0.6) is 0 Å². The number of hydrogen-bond donors (Lipinski definition) is 0. The van der Waals surface area contributed by atoms with Gasteiger partial charge in [-0.15, -0.1) is 0 Å². The second-order valence-corrected chi connectivity index (χ2v) is 11.0. The van der Waals surface area contributed by atoms with E-state index in [-0.39, 0.29) is 11.8 Å². The maximum absolute atomic E-state index is 13.1. The Hall–Kier alpha value is -0.910. The highest BCUT2D eigenvalue weighted by Crippen LogP contribution is 2.26. The highest BCUT2D eigenvalue weighted by atomic mass is 32.2. The fourth-order valence-corrected chi connectivity index (χ4v) is 6.68. The van der Waals surface area contributed by atoms with Crippen LogP contribution in [-0.2, 0) is 9.84 Å². The summed E-state index contributed by atoms with van der Waals surface area (Å²) in [6, 6.07) is 10.2. The largest absolute Gasteiger partial charge is 0.302 e. The lowest BCUT2D eigenvalue weighted by atomic mass is 9.93. The van der Waals surface area contributed by atoms with Gasteiger partial charge in [-0.05, 0) is 51.9 Å². The van der Waals surface area contributed by atoms with Crippen molar-refractivity contribution in [2.24, 2.45) is 0 Å². The van der Waals surface area contributed by atoms with Crippen LogP contribution in [0, 0.1) is 0 Å². The molecule has 1 unspecified atom stereocenters. The van der Waals surface area contributed by atoms with E-state index in [1.807, 2.05) is 18.2 Å². The Morgan fingerprint density at radius 2 is 1.39 bits per heavy atom. The van der Waals surface area contributed by atoms with E-state index in [2.05, 4.69) is 23.9 Å². The Bertz CT molecular complexity index is 680. The minimum absolute atomic E-state index is 0.0419. The molecule has 2 saturated carbocycles. The van der Waals surface area contributed by atoms with Gasteiger partial charge in [0.05, 0.1) is 10.6 Å². The summed E-state index contributed by atoms with van der Waals surface area (Å²) in [5.41, 5.74) is 0. The predicted molar refractivity (Wildman–Crippen MR) is 116 cm³/mol. The number of benzene rings is 1. The van der Waals surface area contributed by atoms with Crippen LogP contribution in [0.3, 0.4) is 0 Å². The summed E-state index contributed by atoms with van der Waals surface area (Å²) in [5.74, 6) is 0.209. The molecular formula is C23H38N2O2S. The minimum Gasteiger partial charge on any atom is -0.302 e. The maximum Gasteiger partial charge on any atom is 0.179 e. The van der Waals surface area contributed by atoms with Gasteiger partial charge in [0.2, 0.25) is 0 Å². The number of nitrogens with zero attached hydrogens (tertiary/aromatic N) is 2. The SMILES string of the molecule is CN(CC(CS(=O)(=O)c1ccccc1)N(C)C1CCCCC1)C1CCCCC1. The lowest BCUT2D eigenvalue weighted by Crippen LogP contribution is -2.51. The fourth-order valence-electron chi connectivity index (χ4n) is 5.07. The van der Waals surface area contributed by atoms with Crippen molar-refractivity contribution < 1.29 is 8.42 Å². The van der Waals surface area contributed by atoms with Gasteiger partial charge in [-0.1, -0.05) is 56.7 Å². The molecule has 0 aliphatic heterocycles. The summed E-state index contributed by atoms with van der Waals surface area (Å²) < 4.78 is 26.3. The Morgan fingerprint density at radius 3 is 1.96 bits per heavy atom. The van der Waals surface area contributed by atoms with E-state index in [9.17, 15) is 8.42 Å². The zero-order chi connectivity index (χ0) is 20.0. The zero-order valence-electron chi connectivity index (χ0n) is 17.7. The van der Waals surface area contributed by atoms with E-state index in [0.29, 0.717) is 17.0 Å². The molecule has 0 N–H and O–H groups in total. The standard InChI is InChI=1S/C23H38N2O2S/c1-24(20-12-6-3-7-13-20)18-22(25(2)21-14-8-4-9-15-21)19-28(26,27)23-16-10-5-11-17-23/h5,10-11,16-17,20-22H,3-4,6-9,12-15,18-19H2,1-2H3. The number of sulfone groups is 1. The van der Waals surface area contributed by atoms with Gasteiger partial charge in [0.1, 0.15) is 0 Å². The van der Waals surface area contributed by atoms with Crippen molar-refractivity contribution in [3.63, 3.8) is 0 Å². The summed E-state index contributed by atoms with van der Waals surface area (Å²) in [6.07, 6.45) is 12.7. The van der Waals surface area contributed by atoms with Crippen molar-refractivity contribution in [2.45, 2.75) is 87.2 Å². The second-order valence-electron chi connectivity index (χ2n) is 8.94. The van der Waals surface area contributed by atoms with Crippen molar-refractivity contribution in [1.29, 1.82) is 0 Å². The normalized spacial score (nSPS) is 21.3. The van der Waals surface area contributed by atoms with Gasteiger partial charge in [0.15, 0.2) is 9.84 Å². The quantitative estimate of drug-likeness (QED) is 0.643. The van der Waals surface area contributed by atoms with Crippen LogP contribution in [0.15, 0.2) is 35.2 Å². The second kappa shape index (κ2) is 10.2. The summed E-state index contributed by atoms with van der Waals surface area (Å²) in [5, 5.41) is 0. The number of rotatable bonds is 8. The monoisotopic (exact) mass is 406 g/mol. The van der Waals surface area contributed by atoms with Crippen molar-refractivity contribution in [3.8, 4) is 0 Å². The third-order valence-electron chi connectivity index (χ3n) is 6.94. The Morgan fingerprint density at radius 1 is 0.857 bits per heavy atom. The van der Waals surface area contributed by atoms with Gasteiger partial charge < -0.3 is 4.90 Å². The van der Waals surface area contributed by atoms with E-state index >= 15 is 0 Å². The van der Waals surface area contributed by atoms with Gasteiger partial charge in [0, 0.05) is 24.7 Å². The minimum atomic E-state index is -3.29. The van der Waals surface area contributed by atoms with Gasteiger partial charge in [-0.2, -0.15) is 0 Å². The fraction of sp³-hybridized carbons (Fsp3) is 0.739. The molecule has 0 saturated heterocycles. The molecule has 2 aliphatic carbocycles. The molecule has 2 fully saturated rings. The van der Waals surface area contributed by atoms with E-state index in [0.717, 1.165) is 6.54 Å². The molecule has 0 amide bonds. The molecule has 0 spiro atoms. The molecule has 158 valence electrons. The maximum atomic E-state index is 13.1. The average molecular weight is 407 g/mol. The van der Waals surface area contributed by atoms with E-state index in [4.69, 9.17) is 0 Å². The van der Waals surface area contributed by atoms with Crippen molar-refractivity contribution in [2.75, 3.05) is 26.4 Å². The molecule has 1 aromatic rings. The van der Waals surface area contributed by atoms with Crippen LogP contribution >= 0.6 is 0 Å². The predicted octanol–water partition coefficient (Wildman–Crippen LogP) is 4.36. The van der Waals surface area contributed by atoms with Crippen LogP contribution < -0.4 is 0 Å². The van der Waals surface area contributed by atoms with Crippen LogP contribution in [0.4, 0.5) is 0 Å². The molecule has 0 bridgehead atoms. The summed E-state index contributed by atoms with van der Waals surface area (Å²) in [4.78, 5) is 5.31. The zero-order valence-corrected chi connectivity index (χ0v) is 18.5. The molecule has 28 heavy (non-hydrogen) atoms. The molecule has 1 aromatic carbocycles. The third-order valence-corrected chi connectivity index (χ3v) is 8.75. The molecule has 0 aromatic heterocycles. The Kier molecular flexibility index (Phi) is 7.95. The topological polar surface area (TPSA) is 40.6 Å². The highest BCUT2D eigenvalue weighted by molar-refractivity contribution is 7.91. The molecular weight excluding hydrogens is 368 g/mol. The lowest BCUT2D eigenvalue weighted by molar-refractivity contribution is 0.0970. The summed E-state index contributed by atoms with van der Waals surface area (Å²) in [7, 11) is 1.08. The molecule has 4 nitrogen and oxygen atoms in total. The third kappa shape index (κ3) is 5.80. The Balaban J connectivity index is 1.75. The van der Waals surface area contributed by atoms with E-state index in [1.54, 1.807) is 12.1 Å². The average Bonchev–Trinajstić information content (AvgIpc) is 2.74. The molecule has 3 rings (SSSR count). The first kappa shape index (κ1) is 21.8. The summed E-state index contributed by atoms with van der Waals surface area (Å²) in [6.45, 7) is 0.837. The molecule has 2 aliphatic rings. The van der Waals surface area contributed by atoms with Crippen LogP contribution in [0.25, 0.3) is 0 Å². The van der Waals surface area contributed by atoms with Gasteiger partial charge >= 0.3 is 0 Å². The molecule has 0 radical (unpaired) electrons. The number of hydrogen-bond acceptors (Lipinski definition) is 4. The molecule has 0 heterocycles. The lowest BCUT2D eigenvalue weighted by Gasteiger charge is -2.41. The van der Waals surface area contributed by atoms with Crippen LogP contribution in [0.2, 0.25) is 0 Å². The van der Waals surface area contributed by atoms with Crippen molar-refractivity contribution in [1.82, 2.24) is 9.80 Å². The van der Waals surface area contributed by atoms with Crippen molar-refractivity contribution in [3.05, 3.63) is 30.3 Å². The van der Waals surface area contributed by atoms with E-state index in [1.165, 1.54) is 64.2 Å². The van der Waals surface area contributed by atoms with Gasteiger partial charge in [0.25, 0.3) is 0 Å². The highest BCUT2D eigenvalue weighted by Gasteiger charge is 2.31. The number of likely N-dealkylation sites (N-methyl/N-ethyl adjacent to an activating group) is 2. The molecule has 1 atom stereocenters. The smallest absolute Gasteiger partial charge is 0.179 e.